The zero-order valence-electron chi connectivity index (χ0n) is 17.0. The summed E-state index contributed by atoms with van der Waals surface area (Å²) in [6, 6.07) is 4.00. The molecule has 0 aliphatic heterocycles. The lowest BCUT2D eigenvalue weighted by Crippen LogP contribution is -2.15. The molecule has 3 rings (SSSR count). The van der Waals surface area contributed by atoms with E-state index >= 15 is 0 Å². The summed E-state index contributed by atoms with van der Waals surface area (Å²) in [6.45, 7) is 1.98. The first-order chi connectivity index (χ1) is 14.5. The van der Waals surface area contributed by atoms with Gasteiger partial charge in [0.1, 0.15) is 5.00 Å². The standard InChI is InChI=1S/C21H24N2O6S/c1-3-29-21(25)18-14-8-6-4-5-7-9-17(14)30-20(18)22-19(24)13-10-11-16(28-2)15(12-13)23(26)27/h10-12H,3-9H2,1-2H3,(H,22,24). The van der Waals surface area contributed by atoms with Crippen molar-refractivity contribution in [1.82, 2.24) is 0 Å². The van der Waals surface area contributed by atoms with Gasteiger partial charge in [-0.15, -0.1) is 11.3 Å². The molecule has 0 unspecified atom stereocenters. The Morgan fingerprint density at radius 1 is 1.20 bits per heavy atom. The molecule has 1 aliphatic carbocycles. The van der Waals surface area contributed by atoms with E-state index in [0.29, 0.717) is 10.6 Å². The molecule has 0 saturated heterocycles. The highest BCUT2D eigenvalue weighted by atomic mass is 32.1. The molecule has 2 aromatic rings. The molecular formula is C21H24N2O6S. The molecular weight excluding hydrogens is 408 g/mol. The Bertz CT molecular complexity index is 969. The average Bonchev–Trinajstić information content (AvgIpc) is 3.03. The summed E-state index contributed by atoms with van der Waals surface area (Å²) in [5, 5.41) is 14.5. The summed E-state index contributed by atoms with van der Waals surface area (Å²) in [5.41, 5.74) is 1.18. The molecule has 1 amide bonds. The number of anilines is 1. The van der Waals surface area contributed by atoms with Crippen LogP contribution >= 0.6 is 11.3 Å². The number of nitro benzene ring substituents is 1. The molecule has 30 heavy (non-hydrogen) atoms. The van der Waals surface area contributed by atoms with Gasteiger partial charge in [0.05, 0.1) is 24.2 Å². The highest BCUT2D eigenvalue weighted by molar-refractivity contribution is 7.17. The van der Waals surface area contributed by atoms with Crippen molar-refractivity contribution in [2.24, 2.45) is 0 Å². The fraction of sp³-hybridized carbons (Fsp3) is 0.429. The van der Waals surface area contributed by atoms with Crippen LogP contribution in [0.25, 0.3) is 0 Å². The Hall–Kier alpha value is -2.94. The zero-order chi connectivity index (χ0) is 21.7. The van der Waals surface area contributed by atoms with Crippen molar-refractivity contribution in [3.05, 3.63) is 49.9 Å². The number of hydrogen-bond donors (Lipinski definition) is 1. The molecule has 1 aromatic carbocycles. The first-order valence-electron chi connectivity index (χ1n) is 9.91. The van der Waals surface area contributed by atoms with Gasteiger partial charge in [0.15, 0.2) is 5.75 Å². The summed E-state index contributed by atoms with van der Waals surface area (Å²) in [5.74, 6) is -0.907. The van der Waals surface area contributed by atoms with Gasteiger partial charge in [-0.3, -0.25) is 14.9 Å². The third-order valence-corrected chi connectivity index (χ3v) is 6.22. The van der Waals surface area contributed by atoms with Crippen molar-refractivity contribution in [3.63, 3.8) is 0 Å². The number of aryl methyl sites for hydroxylation is 1. The number of hydrogen-bond acceptors (Lipinski definition) is 7. The number of benzene rings is 1. The molecule has 0 atom stereocenters. The summed E-state index contributed by atoms with van der Waals surface area (Å²) < 4.78 is 10.2. The van der Waals surface area contributed by atoms with E-state index in [1.165, 1.54) is 36.6 Å². The van der Waals surface area contributed by atoms with Gasteiger partial charge in [0.25, 0.3) is 5.91 Å². The van der Waals surface area contributed by atoms with Crippen LogP contribution in [0.3, 0.4) is 0 Å². The average molecular weight is 432 g/mol. The van der Waals surface area contributed by atoms with Gasteiger partial charge in [-0.1, -0.05) is 12.8 Å². The van der Waals surface area contributed by atoms with Crippen LogP contribution in [0.4, 0.5) is 10.7 Å². The van der Waals surface area contributed by atoms with Crippen LogP contribution < -0.4 is 10.1 Å². The van der Waals surface area contributed by atoms with Crippen molar-refractivity contribution in [3.8, 4) is 5.75 Å². The molecule has 8 nitrogen and oxygen atoms in total. The number of ether oxygens (including phenoxy) is 2. The largest absolute Gasteiger partial charge is 0.490 e. The minimum absolute atomic E-state index is 0.0721. The number of amides is 1. The van der Waals surface area contributed by atoms with Gasteiger partial charge in [0.2, 0.25) is 0 Å². The van der Waals surface area contributed by atoms with Crippen LogP contribution in [0.15, 0.2) is 18.2 Å². The molecule has 0 fully saturated rings. The summed E-state index contributed by atoms with van der Waals surface area (Å²) in [6.07, 6.45) is 5.89. The van der Waals surface area contributed by atoms with Gasteiger partial charge < -0.3 is 14.8 Å². The first-order valence-corrected chi connectivity index (χ1v) is 10.7. The maximum Gasteiger partial charge on any atom is 0.341 e. The lowest BCUT2D eigenvalue weighted by Gasteiger charge is -2.11. The molecule has 1 aliphatic rings. The number of nitro groups is 1. The van der Waals surface area contributed by atoms with Crippen LogP contribution in [-0.4, -0.2) is 30.5 Å². The normalized spacial score (nSPS) is 13.5. The molecule has 1 aromatic heterocycles. The van der Waals surface area contributed by atoms with Crippen molar-refractivity contribution >= 4 is 33.9 Å². The minimum Gasteiger partial charge on any atom is -0.490 e. The Balaban J connectivity index is 1.96. The summed E-state index contributed by atoms with van der Waals surface area (Å²) in [4.78, 5) is 37.3. The van der Waals surface area contributed by atoms with Crippen molar-refractivity contribution in [1.29, 1.82) is 0 Å². The molecule has 1 N–H and O–H groups in total. The van der Waals surface area contributed by atoms with E-state index in [1.807, 2.05) is 0 Å². The molecule has 160 valence electrons. The number of carbonyl (C=O) groups is 2. The number of nitrogens with zero attached hydrogens (tertiary/aromatic N) is 1. The van der Waals surface area contributed by atoms with Gasteiger partial charge in [-0.05, 0) is 50.3 Å². The monoisotopic (exact) mass is 432 g/mol. The highest BCUT2D eigenvalue weighted by Crippen LogP contribution is 2.38. The van der Waals surface area contributed by atoms with Gasteiger partial charge >= 0.3 is 11.7 Å². The number of methoxy groups -OCH3 is 1. The highest BCUT2D eigenvalue weighted by Gasteiger charge is 2.27. The van der Waals surface area contributed by atoms with Gasteiger partial charge in [-0.25, -0.2) is 4.79 Å². The Labute approximate surface area is 178 Å². The van der Waals surface area contributed by atoms with Gasteiger partial charge in [-0.2, -0.15) is 0 Å². The molecule has 0 spiro atoms. The predicted molar refractivity (Wildman–Crippen MR) is 114 cm³/mol. The first kappa shape index (κ1) is 21.8. The van der Waals surface area contributed by atoms with Crippen LogP contribution in [0.2, 0.25) is 0 Å². The molecule has 0 saturated carbocycles. The van der Waals surface area contributed by atoms with Crippen LogP contribution in [0, 0.1) is 10.1 Å². The van der Waals surface area contributed by atoms with Crippen LogP contribution in [0.1, 0.15) is 63.8 Å². The number of esters is 1. The second kappa shape index (κ2) is 9.71. The lowest BCUT2D eigenvalue weighted by atomic mass is 9.96. The van der Waals surface area contributed by atoms with Crippen molar-refractivity contribution in [2.45, 2.75) is 45.4 Å². The minimum atomic E-state index is -0.601. The van der Waals surface area contributed by atoms with Crippen LogP contribution in [0.5, 0.6) is 5.75 Å². The lowest BCUT2D eigenvalue weighted by molar-refractivity contribution is -0.385. The number of carbonyl (C=O) groups excluding carboxylic acids is 2. The van der Waals surface area contributed by atoms with Crippen molar-refractivity contribution in [2.75, 3.05) is 19.0 Å². The number of rotatable bonds is 6. The second-order valence-electron chi connectivity index (χ2n) is 6.94. The van der Waals surface area contributed by atoms with E-state index in [4.69, 9.17) is 9.47 Å². The third-order valence-electron chi connectivity index (χ3n) is 5.02. The quantitative estimate of drug-likeness (QED) is 0.401. The molecule has 0 radical (unpaired) electrons. The maximum absolute atomic E-state index is 12.8. The summed E-state index contributed by atoms with van der Waals surface area (Å²) >= 11 is 1.39. The van der Waals surface area contributed by atoms with Crippen LogP contribution in [-0.2, 0) is 17.6 Å². The molecule has 9 heteroatoms. The summed E-state index contributed by atoms with van der Waals surface area (Å²) in [7, 11) is 1.33. The van der Waals surface area contributed by atoms with Gasteiger partial charge in [0, 0.05) is 16.5 Å². The van der Waals surface area contributed by atoms with Crippen molar-refractivity contribution < 1.29 is 24.0 Å². The molecule has 0 bridgehead atoms. The van der Waals surface area contributed by atoms with E-state index in [0.717, 1.165) is 49.0 Å². The third kappa shape index (κ3) is 4.62. The molecule has 1 heterocycles. The second-order valence-corrected chi connectivity index (χ2v) is 8.05. The number of nitrogens with one attached hydrogen (secondary N) is 1. The zero-order valence-corrected chi connectivity index (χ0v) is 17.8. The SMILES string of the molecule is CCOC(=O)c1c(NC(=O)c2ccc(OC)c([N+](=O)[O-])c2)sc2c1CCCCCC2. The van der Waals surface area contributed by atoms with E-state index in [9.17, 15) is 19.7 Å². The smallest absolute Gasteiger partial charge is 0.341 e. The Morgan fingerprint density at radius 3 is 2.60 bits per heavy atom. The Morgan fingerprint density at radius 2 is 1.93 bits per heavy atom. The number of thiophene rings is 1. The fourth-order valence-electron chi connectivity index (χ4n) is 3.58. The van der Waals surface area contributed by atoms with E-state index in [1.54, 1.807) is 6.92 Å². The topological polar surface area (TPSA) is 108 Å². The van der Waals surface area contributed by atoms with E-state index < -0.39 is 16.8 Å². The fourth-order valence-corrected chi connectivity index (χ4v) is 4.85. The Kier molecular flexibility index (Phi) is 7.04. The van der Waals surface area contributed by atoms with E-state index in [2.05, 4.69) is 5.32 Å². The predicted octanol–water partition coefficient (Wildman–Crippen LogP) is 4.75. The number of fused-ring (bicyclic) bond motifs is 1. The van der Waals surface area contributed by atoms with E-state index in [-0.39, 0.29) is 23.6 Å². The maximum atomic E-state index is 12.8.